The molecule has 0 aliphatic heterocycles. The number of nitrogens with one attached hydrogen (secondary N) is 1. The van der Waals surface area contributed by atoms with E-state index in [1.165, 1.54) is 12.1 Å². The Morgan fingerprint density at radius 1 is 1.22 bits per heavy atom. The van der Waals surface area contributed by atoms with E-state index in [-0.39, 0.29) is 11.3 Å². The molecule has 0 aliphatic carbocycles. The van der Waals surface area contributed by atoms with Crippen LogP contribution in [0.15, 0.2) is 46.9 Å². The van der Waals surface area contributed by atoms with Gasteiger partial charge in [-0.2, -0.15) is 0 Å². The lowest BCUT2D eigenvalue weighted by molar-refractivity contribution is 0.102. The van der Waals surface area contributed by atoms with Crippen LogP contribution in [0.4, 0.5) is 15.8 Å². The number of amides is 1. The fraction of sp³-hybridized carbons (Fsp3) is 0. The lowest BCUT2D eigenvalue weighted by Crippen LogP contribution is -2.14. The average Bonchev–Trinajstić information content (AvgIpc) is 2.35. The molecule has 1 amide bonds. The second-order valence-electron chi connectivity index (χ2n) is 3.67. The van der Waals surface area contributed by atoms with Gasteiger partial charge in [0.05, 0.1) is 11.3 Å². The van der Waals surface area contributed by atoms with Gasteiger partial charge < -0.3 is 11.1 Å². The van der Waals surface area contributed by atoms with E-state index in [1.54, 1.807) is 18.2 Å². The van der Waals surface area contributed by atoms with Gasteiger partial charge in [0, 0.05) is 10.2 Å². The second kappa shape index (κ2) is 5.18. The van der Waals surface area contributed by atoms with E-state index in [1.807, 2.05) is 6.07 Å². The molecule has 3 N–H and O–H groups in total. The maximum absolute atomic E-state index is 13.1. The Labute approximate surface area is 112 Å². The molecule has 0 aliphatic rings. The number of hydrogen-bond donors (Lipinski definition) is 2. The summed E-state index contributed by atoms with van der Waals surface area (Å²) in [6.45, 7) is 0. The number of nitrogens with two attached hydrogens (primary N) is 1. The first-order valence-electron chi connectivity index (χ1n) is 5.19. The molecule has 0 unspecified atom stereocenters. The summed E-state index contributed by atoms with van der Waals surface area (Å²) in [5.74, 6) is -0.944. The summed E-state index contributed by atoms with van der Waals surface area (Å²) >= 11 is 3.31. The molecule has 0 saturated heterocycles. The fourth-order valence-corrected chi connectivity index (χ4v) is 1.86. The van der Waals surface area contributed by atoms with Crippen molar-refractivity contribution >= 4 is 33.2 Å². The maximum atomic E-state index is 13.1. The monoisotopic (exact) mass is 308 g/mol. The number of hydrogen-bond acceptors (Lipinski definition) is 2. The van der Waals surface area contributed by atoms with Gasteiger partial charge in [0.15, 0.2) is 0 Å². The largest absolute Gasteiger partial charge is 0.398 e. The molecule has 0 radical (unpaired) electrons. The maximum Gasteiger partial charge on any atom is 0.257 e. The Balaban J connectivity index is 2.28. The Hall–Kier alpha value is -1.88. The Morgan fingerprint density at radius 2 is 1.94 bits per heavy atom. The normalized spacial score (nSPS) is 10.1. The van der Waals surface area contributed by atoms with E-state index in [9.17, 15) is 9.18 Å². The molecule has 0 atom stereocenters. The van der Waals surface area contributed by atoms with Gasteiger partial charge >= 0.3 is 0 Å². The molecule has 2 aromatic rings. The number of carbonyl (C=O) groups excluding carboxylic acids is 1. The van der Waals surface area contributed by atoms with Gasteiger partial charge in [-0.1, -0.05) is 12.1 Å². The number of anilines is 2. The SMILES string of the molecule is Nc1ccc(F)cc1C(=O)Nc1ccccc1Br. The van der Waals surface area contributed by atoms with E-state index >= 15 is 0 Å². The van der Waals surface area contributed by atoms with Crippen LogP contribution in [0.2, 0.25) is 0 Å². The Kier molecular flexibility index (Phi) is 3.62. The molecule has 92 valence electrons. The number of benzene rings is 2. The molecule has 0 bridgehead atoms. The van der Waals surface area contributed by atoms with Crippen LogP contribution in [0.5, 0.6) is 0 Å². The van der Waals surface area contributed by atoms with E-state index in [4.69, 9.17) is 5.73 Å². The van der Waals surface area contributed by atoms with Gasteiger partial charge in [-0.05, 0) is 46.3 Å². The lowest BCUT2D eigenvalue weighted by atomic mass is 10.1. The smallest absolute Gasteiger partial charge is 0.257 e. The third-order valence-corrected chi connectivity index (χ3v) is 3.07. The van der Waals surface area contributed by atoms with Crippen LogP contribution in [0.1, 0.15) is 10.4 Å². The predicted molar refractivity (Wildman–Crippen MR) is 72.9 cm³/mol. The van der Waals surface area contributed by atoms with Crippen LogP contribution in [0.25, 0.3) is 0 Å². The van der Waals surface area contributed by atoms with Crippen molar-refractivity contribution in [2.45, 2.75) is 0 Å². The number of para-hydroxylation sites is 1. The van der Waals surface area contributed by atoms with Crippen LogP contribution >= 0.6 is 15.9 Å². The van der Waals surface area contributed by atoms with Crippen molar-refractivity contribution in [2.75, 3.05) is 11.1 Å². The number of rotatable bonds is 2. The predicted octanol–water partition coefficient (Wildman–Crippen LogP) is 3.42. The minimum absolute atomic E-state index is 0.116. The molecule has 0 heterocycles. The van der Waals surface area contributed by atoms with Crippen LogP contribution in [-0.2, 0) is 0 Å². The van der Waals surface area contributed by atoms with Crippen molar-refractivity contribution in [2.24, 2.45) is 0 Å². The quantitative estimate of drug-likeness (QED) is 0.835. The summed E-state index contributed by atoms with van der Waals surface area (Å²) in [7, 11) is 0. The van der Waals surface area contributed by atoms with Crippen LogP contribution in [0.3, 0.4) is 0 Å². The highest BCUT2D eigenvalue weighted by Crippen LogP contribution is 2.23. The summed E-state index contributed by atoms with van der Waals surface area (Å²) in [5.41, 5.74) is 6.60. The van der Waals surface area contributed by atoms with Gasteiger partial charge in [-0.25, -0.2) is 4.39 Å². The summed E-state index contributed by atoms with van der Waals surface area (Å²) in [4.78, 5) is 12.0. The summed E-state index contributed by atoms with van der Waals surface area (Å²) in [6, 6.07) is 10.8. The number of carbonyl (C=O) groups is 1. The van der Waals surface area contributed by atoms with Gasteiger partial charge in [0.1, 0.15) is 5.82 Å². The van der Waals surface area contributed by atoms with Crippen molar-refractivity contribution in [1.29, 1.82) is 0 Å². The van der Waals surface area contributed by atoms with Crippen LogP contribution in [0, 0.1) is 5.82 Å². The van der Waals surface area contributed by atoms with Crippen molar-refractivity contribution in [1.82, 2.24) is 0 Å². The van der Waals surface area contributed by atoms with Gasteiger partial charge in [0.2, 0.25) is 0 Å². The zero-order valence-corrected chi connectivity index (χ0v) is 10.9. The first-order valence-corrected chi connectivity index (χ1v) is 5.98. The van der Waals surface area contributed by atoms with Crippen LogP contribution < -0.4 is 11.1 Å². The molecule has 2 rings (SSSR count). The van der Waals surface area contributed by atoms with E-state index in [0.29, 0.717) is 5.69 Å². The van der Waals surface area contributed by atoms with Crippen molar-refractivity contribution in [3.63, 3.8) is 0 Å². The minimum Gasteiger partial charge on any atom is -0.398 e. The highest BCUT2D eigenvalue weighted by Gasteiger charge is 2.12. The van der Waals surface area contributed by atoms with E-state index in [0.717, 1.165) is 10.5 Å². The van der Waals surface area contributed by atoms with Gasteiger partial charge in [-0.15, -0.1) is 0 Å². The highest BCUT2D eigenvalue weighted by molar-refractivity contribution is 9.10. The molecule has 2 aromatic carbocycles. The molecular formula is C13H10BrFN2O. The molecule has 18 heavy (non-hydrogen) atoms. The van der Waals surface area contributed by atoms with Crippen molar-refractivity contribution < 1.29 is 9.18 Å². The standard InChI is InChI=1S/C13H10BrFN2O/c14-10-3-1-2-4-12(10)17-13(18)9-7-8(15)5-6-11(9)16/h1-7H,16H2,(H,17,18). The molecule has 0 aromatic heterocycles. The first-order chi connectivity index (χ1) is 8.58. The van der Waals surface area contributed by atoms with E-state index < -0.39 is 11.7 Å². The van der Waals surface area contributed by atoms with Crippen molar-refractivity contribution in [3.05, 3.63) is 58.3 Å². The fourth-order valence-electron chi connectivity index (χ4n) is 1.48. The average molecular weight is 309 g/mol. The van der Waals surface area contributed by atoms with Gasteiger partial charge in [0.25, 0.3) is 5.91 Å². The summed E-state index contributed by atoms with van der Waals surface area (Å²) < 4.78 is 13.8. The molecule has 3 nitrogen and oxygen atoms in total. The summed E-state index contributed by atoms with van der Waals surface area (Å²) in [5, 5.41) is 2.66. The molecule has 5 heteroatoms. The number of halogens is 2. The zero-order valence-electron chi connectivity index (χ0n) is 9.28. The molecule has 0 fully saturated rings. The molecular weight excluding hydrogens is 299 g/mol. The third kappa shape index (κ3) is 2.68. The van der Waals surface area contributed by atoms with Gasteiger partial charge in [-0.3, -0.25) is 4.79 Å². The minimum atomic E-state index is -0.499. The highest BCUT2D eigenvalue weighted by atomic mass is 79.9. The lowest BCUT2D eigenvalue weighted by Gasteiger charge is -2.09. The summed E-state index contributed by atoms with van der Waals surface area (Å²) in [6.07, 6.45) is 0. The first kappa shape index (κ1) is 12.6. The second-order valence-corrected chi connectivity index (χ2v) is 4.52. The van der Waals surface area contributed by atoms with Crippen molar-refractivity contribution in [3.8, 4) is 0 Å². The van der Waals surface area contributed by atoms with E-state index in [2.05, 4.69) is 21.2 Å². The Morgan fingerprint density at radius 3 is 2.67 bits per heavy atom. The zero-order chi connectivity index (χ0) is 13.1. The number of nitrogen functional groups attached to an aromatic ring is 1. The topological polar surface area (TPSA) is 55.1 Å². The third-order valence-electron chi connectivity index (χ3n) is 2.38. The molecule has 0 saturated carbocycles. The van der Waals surface area contributed by atoms with Crippen LogP contribution in [-0.4, -0.2) is 5.91 Å². The Bertz CT molecular complexity index is 601. The molecule has 0 spiro atoms.